The van der Waals surface area contributed by atoms with Crippen molar-refractivity contribution in [2.75, 3.05) is 7.11 Å². The molecule has 0 N–H and O–H groups in total. The first-order valence-corrected chi connectivity index (χ1v) is 6.64. The van der Waals surface area contributed by atoms with Gasteiger partial charge in [-0.2, -0.15) is 0 Å². The smallest absolute Gasteiger partial charge is 0.269 e. The van der Waals surface area contributed by atoms with Gasteiger partial charge in [0.1, 0.15) is 5.75 Å². The van der Waals surface area contributed by atoms with Crippen molar-refractivity contribution in [3.63, 3.8) is 0 Å². The zero-order valence-electron chi connectivity index (χ0n) is 11.9. The van der Waals surface area contributed by atoms with Gasteiger partial charge in [-0.15, -0.1) is 6.58 Å². The summed E-state index contributed by atoms with van der Waals surface area (Å²) in [5.41, 5.74) is 3.32. The summed E-state index contributed by atoms with van der Waals surface area (Å²) >= 11 is 0. The van der Waals surface area contributed by atoms with E-state index in [2.05, 4.69) is 6.58 Å². The van der Waals surface area contributed by atoms with Crippen molar-refractivity contribution >= 4 is 5.69 Å². The van der Waals surface area contributed by atoms with Gasteiger partial charge in [-0.3, -0.25) is 10.1 Å². The molecule has 0 heterocycles. The normalized spacial score (nSPS) is 10.1. The third-order valence-electron chi connectivity index (χ3n) is 3.27. The van der Waals surface area contributed by atoms with Crippen molar-refractivity contribution in [2.24, 2.45) is 0 Å². The Kier molecular flexibility index (Phi) is 4.72. The SMILES string of the molecule is C=CCc1ccc(Cc2ccc([N+](=O)[O-])cc2)c(OC)c1. The molecule has 0 saturated heterocycles. The fourth-order valence-corrected chi connectivity index (χ4v) is 2.18. The highest BCUT2D eigenvalue weighted by Gasteiger charge is 2.08. The van der Waals surface area contributed by atoms with Gasteiger partial charge in [-0.25, -0.2) is 0 Å². The molecule has 21 heavy (non-hydrogen) atoms. The van der Waals surface area contributed by atoms with Gasteiger partial charge in [0.2, 0.25) is 0 Å². The summed E-state index contributed by atoms with van der Waals surface area (Å²) in [5.74, 6) is 0.827. The van der Waals surface area contributed by atoms with Gasteiger partial charge in [0.25, 0.3) is 5.69 Å². The molecular weight excluding hydrogens is 266 g/mol. The molecule has 0 bridgehead atoms. The lowest BCUT2D eigenvalue weighted by molar-refractivity contribution is -0.384. The molecule has 0 atom stereocenters. The highest BCUT2D eigenvalue weighted by molar-refractivity contribution is 5.42. The molecule has 0 aliphatic carbocycles. The minimum Gasteiger partial charge on any atom is -0.496 e. The number of nitro benzene ring substituents is 1. The van der Waals surface area contributed by atoms with E-state index in [1.54, 1.807) is 19.2 Å². The Bertz CT molecular complexity index is 648. The number of hydrogen-bond acceptors (Lipinski definition) is 3. The predicted octanol–water partition coefficient (Wildman–Crippen LogP) is 3.92. The quantitative estimate of drug-likeness (QED) is 0.458. The summed E-state index contributed by atoms with van der Waals surface area (Å²) < 4.78 is 5.42. The van der Waals surface area contributed by atoms with Crippen LogP contribution in [0.4, 0.5) is 5.69 Å². The van der Waals surface area contributed by atoms with E-state index in [0.29, 0.717) is 6.42 Å². The van der Waals surface area contributed by atoms with E-state index in [-0.39, 0.29) is 5.69 Å². The molecule has 108 valence electrons. The molecule has 2 aromatic rings. The third kappa shape index (κ3) is 3.69. The predicted molar refractivity (Wildman–Crippen MR) is 82.8 cm³/mol. The topological polar surface area (TPSA) is 52.4 Å². The van der Waals surface area contributed by atoms with E-state index in [1.165, 1.54) is 12.1 Å². The zero-order chi connectivity index (χ0) is 15.2. The average Bonchev–Trinajstić information content (AvgIpc) is 2.49. The Morgan fingerprint density at radius 3 is 2.43 bits per heavy atom. The summed E-state index contributed by atoms with van der Waals surface area (Å²) in [6.45, 7) is 3.73. The summed E-state index contributed by atoms with van der Waals surface area (Å²) in [6, 6.07) is 12.7. The van der Waals surface area contributed by atoms with Crippen molar-refractivity contribution in [3.05, 3.63) is 81.9 Å². The van der Waals surface area contributed by atoms with Crippen LogP contribution in [0.15, 0.2) is 55.1 Å². The molecule has 0 aromatic heterocycles. The fraction of sp³-hybridized carbons (Fsp3) is 0.176. The van der Waals surface area contributed by atoms with Crippen LogP contribution in [0.5, 0.6) is 5.75 Å². The second kappa shape index (κ2) is 6.70. The van der Waals surface area contributed by atoms with Gasteiger partial charge in [0.05, 0.1) is 12.0 Å². The molecule has 2 aromatic carbocycles. The van der Waals surface area contributed by atoms with Crippen LogP contribution >= 0.6 is 0 Å². The van der Waals surface area contributed by atoms with Crippen LogP contribution in [0.3, 0.4) is 0 Å². The highest BCUT2D eigenvalue weighted by Crippen LogP contribution is 2.24. The number of non-ortho nitro benzene ring substituents is 1. The minimum absolute atomic E-state index is 0.104. The van der Waals surface area contributed by atoms with Crippen LogP contribution in [0.25, 0.3) is 0 Å². The fourth-order valence-electron chi connectivity index (χ4n) is 2.18. The molecule has 2 rings (SSSR count). The maximum absolute atomic E-state index is 10.6. The van der Waals surface area contributed by atoms with Gasteiger partial charge < -0.3 is 4.74 Å². The van der Waals surface area contributed by atoms with E-state index in [1.807, 2.05) is 24.3 Å². The molecule has 0 unspecified atom stereocenters. The molecule has 0 aliphatic heterocycles. The van der Waals surface area contributed by atoms with Crippen molar-refractivity contribution in [2.45, 2.75) is 12.8 Å². The number of allylic oxidation sites excluding steroid dienone is 1. The summed E-state index contributed by atoms with van der Waals surface area (Å²) in [6.07, 6.45) is 3.33. The van der Waals surface area contributed by atoms with Gasteiger partial charge in [0, 0.05) is 18.6 Å². The van der Waals surface area contributed by atoms with Gasteiger partial charge in [0.15, 0.2) is 0 Å². The minimum atomic E-state index is -0.394. The molecule has 0 radical (unpaired) electrons. The lowest BCUT2D eigenvalue weighted by Gasteiger charge is -2.10. The van der Waals surface area contributed by atoms with Crippen molar-refractivity contribution in [3.8, 4) is 5.75 Å². The Hall–Kier alpha value is -2.62. The molecule has 0 saturated carbocycles. The Balaban J connectivity index is 2.22. The number of rotatable bonds is 6. The van der Waals surface area contributed by atoms with E-state index >= 15 is 0 Å². The highest BCUT2D eigenvalue weighted by atomic mass is 16.6. The standard InChI is InChI=1S/C17H17NO3/c1-3-4-13-5-8-15(17(12-13)21-2)11-14-6-9-16(10-7-14)18(19)20/h3,5-10,12H,1,4,11H2,2H3. The molecular formula is C17H17NO3. The van der Waals surface area contributed by atoms with E-state index in [4.69, 9.17) is 4.74 Å². The maximum Gasteiger partial charge on any atom is 0.269 e. The number of nitro groups is 1. The van der Waals surface area contributed by atoms with Crippen molar-refractivity contribution in [1.82, 2.24) is 0 Å². The Morgan fingerprint density at radius 2 is 1.86 bits per heavy atom. The van der Waals surface area contributed by atoms with Crippen LogP contribution in [-0.2, 0) is 12.8 Å². The van der Waals surface area contributed by atoms with E-state index in [0.717, 1.165) is 28.9 Å². The summed E-state index contributed by atoms with van der Waals surface area (Å²) in [4.78, 5) is 10.3. The van der Waals surface area contributed by atoms with Crippen molar-refractivity contribution < 1.29 is 9.66 Å². The number of ether oxygens (including phenoxy) is 1. The van der Waals surface area contributed by atoms with E-state index < -0.39 is 4.92 Å². The van der Waals surface area contributed by atoms with Gasteiger partial charge >= 0.3 is 0 Å². The Labute approximate surface area is 123 Å². The van der Waals surface area contributed by atoms with Crippen LogP contribution < -0.4 is 4.74 Å². The zero-order valence-corrected chi connectivity index (χ0v) is 11.9. The molecule has 4 nitrogen and oxygen atoms in total. The third-order valence-corrected chi connectivity index (χ3v) is 3.27. The maximum atomic E-state index is 10.6. The molecule has 4 heteroatoms. The first kappa shape index (κ1) is 14.8. The van der Waals surface area contributed by atoms with Crippen LogP contribution in [0.2, 0.25) is 0 Å². The van der Waals surface area contributed by atoms with Gasteiger partial charge in [-0.05, 0) is 29.2 Å². The summed E-state index contributed by atoms with van der Waals surface area (Å²) in [7, 11) is 1.65. The second-order valence-electron chi connectivity index (χ2n) is 4.74. The average molecular weight is 283 g/mol. The second-order valence-corrected chi connectivity index (χ2v) is 4.74. The number of methoxy groups -OCH3 is 1. The first-order chi connectivity index (χ1) is 10.1. The van der Waals surface area contributed by atoms with Crippen LogP contribution in [0, 0.1) is 10.1 Å². The number of nitrogens with zero attached hydrogens (tertiary/aromatic N) is 1. The molecule has 0 aliphatic rings. The Morgan fingerprint density at radius 1 is 1.19 bits per heavy atom. The van der Waals surface area contributed by atoms with Crippen LogP contribution in [0.1, 0.15) is 16.7 Å². The molecule has 0 fully saturated rings. The lowest BCUT2D eigenvalue weighted by atomic mass is 10.0. The molecule has 0 spiro atoms. The van der Waals surface area contributed by atoms with Crippen molar-refractivity contribution in [1.29, 1.82) is 0 Å². The number of hydrogen-bond donors (Lipinski definition) is 0. The largest absolute Gasteiger partial charge is 0.496 e. The number of benzene rings is 2. The lowest BCUT2D eigenvalue weighted by Crippen LogP contribution is -1.96. The first-order valence-electron chi connectivity index (χ1n) is 6.64. The van der Waals surface area contributed by atoms with Gasteiger partial charge in [-0.1, -0.05) is 30.3 Å². The monoisotopic (exact) mass is 283 g/mol. The molecule has 0 amide bonds. The van der Waals surface area contributed by atoms with E-state index in [9.17, 15) is 10.1 Å². The van der Waals surface area contributed by atoms with Crippen LogP contribution in [-0.4, -0.2) is 12.0 Å². The summed E-state index contributed by atoms with van der Waals surface area (Å²) in [5, 5.41) is 10.6.